The molecule has 0 unspecified atom stereocenters. The van der Waals surface area contributed by atoms with Crippen LogP contribution in [0.1, 0.15) is 6.92 Å². The summed E-state index contributed by atoms with van der Waals surface area (Å²) in [6.45, 7) is 5.53. The van der Waals surface area contributed by atoms with E-state index in [2.05, 4.69) is 6.58 Å². The Morgan fingerprint density at radius 1 is 1.62 bits per heavy atom. The molecule has 0 amide bonds. The van der Waals surface area contributed by atoms with Crippen LogP contribution in [0, 0.1) is 0 Å². The van der Waals surface area contributed by atoms with Crippen LogP contribution in [0.25, 0.3) is 0 Å². The van der Waals surface area contributed by atoms with Gasteiger partial charge in [0, 0.05) is 5.54 Å². The molecule has 0 atom stereocenters. The van der Waals surface area contributed by atoms with E-state index in [1.807, 2.05) is 13.0 Å². The number of hydrogen-bond acceptors (Lipinski definition) is 0. The maximum absolute atomic E-state index is 5.24. The van der Waals surface area contributed by atoms with E-state index in [1.165, 1.54) is 5.54 Å². The van der Waals surface area contributed by atoms with Crippen LogP contribution >= 0.6 is 11.6 Å². The summed E-state index contributed by atoms with van der Waals surface area (Å²) in [6, 6.07) is 0. The highest BCUT2D eigenvalue weighted by Gasteiger charge is 1.70. The van der Waals surface area contributed by atoms with E-state index >= 15 is 0 Å². The van der Waals surface area contributed by atoms with Gasteiger partial charge in [0.1, 0.15) is 0 Å². The molecular formula is C7H9Cl. The molecule has 0 spiro atoms. The molecule has 0 aliphatic rings. The van der Waals surface area contributed by atoms with Gasteiger partial charge in [-0.25, -0.2) is 0 Å². The first-order valence-electron chi connectivity index (χ1n) is 2.37. The van der Waals surface area contributed by atoms with Crippen LogP contribution in [-0.2, 0) is 0 Å². The Morgan fingerprint density at radius 2 is 2.25 bits per heavy atom. The molecule has 1 heteroatoms. The van der Waals surface area contributed by atoms with E-state index in [-0.39, 0.29) is 0 Å². The highest BCUT2D eigenvalue weighted by Crippen LogP contribution is 1.92. The Hall–Kier alpha value is -0.490. The summed E-state index contributed by atoms with van der Waals surface area (Å²) in [5.74, 6) is 0. The summed E-state index contributed by atoms with van der Waals surface area (Å²) in [7, 11) is 0. The number of hydrogen-bond donors (Lipinski definition) is 0. The molecular weight excluding hydrogens is 120 g/mol. The van der Waals surface area contributed by atoms with Gasteiger partial charge in [-0.2, -0.15) is 0 Å². The molecule has 0 saturated carbocycles. The third kappa shape index (κ3) is 3.69. The molecule has 0 aliphatic carbocycles. The van der Waals surface area contributed by atoms with Gasteiger partial charge in [0.2, 0.25) is 0 Å². The van der Waals surface area contributed by atoms with Crippen LogP contribution in [0.15, 0.2) is 35.9 Å². The lowest BCUT2D eigenvalue weighted by molar-refractivity contribution is 1.54. The lowest BCUT2D eigenvalue weighted by Gasteiger charge is -1.81. The second-order valence-corrected chi connectivity index (χ2v) is 1.69. The predicted octanol–water partition coefficient (Wildman–Crippen LogP) is 2.87. The van der Waals surface area contributed by atoms with Crippen molar-refractivity contribution in [1.82, 2.24) is 0 Å². The van der Waals surface area contributed by atoms with Gasteiger partial charge in [-0.15, -0.1) is 0 Å². The molecule has 0 N–H and O–H groups in total. The van der Waals surface area contributed by atoms with E-state index in [1.54, 1.807) is 12.2 Å². The van der Waals surface area contributed by atoms with E-state index in [4.69, 9.17) is 11.6 Å². The lowest BCUT2D eigenvalue weighted by atomic mass is 10.3. The van der Waals surface area contributed by atoms with Crippen molar-refractivity contribution in [2.45, 2.75) is 6.92 Å². The predicted molar refractivity (Wildman–Crippen MR) is 38.9 cm³/mol. The Balaban J connectivity index is 3.74. The minimum Gasteiger partial charge on any atom is -0.0988 e. The Kier molecular flexibility index (Phi) is 4.38. The molecule has 0 nitrogen and oxygen atoms in total. The van der Waals surface area contributed by atoms with E-state index in [9.17, 15) is 0 Å². The highest BCUT2D eigenvalue weighted by atomic mass is 35.5. The summed E-state index contributed by atoms with van der Waals surface area (Å²) in [4.78, 5) is 0. The Labute approximate surface area is 55.2 Å². The van der Waals surface area contributed by atoms with Crippen molar-refractivity contribution < 1.29 is 0 Å². The van der Waals surface area contributed by atoms with Crippen molar-refractivity contribution in [3.05, 3.63) is 35.9 Å². The smallest absolute Gasteiger partial charge is 0.00425 e. The fourth-order valence-corrected chi connectivity index (χ4v) is 0.329. The van der Waals surface area contributed by atoms with Crippen LogP contribution in [0.2, 0.25) is 0 Å². The summed E-state index contributed by atoms with van der Waals surface area (Å²) in [5, 5.41) is 0. The first-order chi connectivity index (χ1) is 3.81. The molecule has 0 radical (unpaired) electrons. The molecule has 0 fully saturated rings. The van der Waals surface area contributed by atoms with Gasteiger partial charge in [-0.1, -0.05) is 42.0 Å². The van der Waals surface area contributed by atoms with Crippen LogP contribution in [0.4, 0.5) is 0 Å². The van der Waals surface area contributed by atoms with Crippen molar-refractivity contribution in [2.75, 3.05) is 0 Å². The number of allylic oxidation sites excluding steroid dienone is 4. The van der Waals surface area contributed by atoms with Crippen LogP contribution in [0.3, 0.4) is 0 Å². The van der Waals surface area contributed by atoms with Crippen LogP contribution in [-0.4, -0.2) is 0 Å². The molecule has 0 aromatic carbocycles. The Bertz CT molecular complexity index is 120. The second-order valence-electron chi connectivity index (χ2n) is 1.43. The summed E-state index contributed by atoms with van der Waals surface area (Å²) in [6.07, 6.45) is 5.43. The van der Waals surface area contributed by atoms with Crippen LogP contribution in [0.5, 0.6) is 0 Å². The fourth-order valence-electron chi connectivity index (χ4n) is 0.256. The minimum atomic E-state index is 1.11. The number of rotatable bonds is 2. The molecule has 0 saturated heterocycles. The van der Waals surface area contributed by atoms with E-state index in [0.29, 0.717) is 0 Å². The van der Waals surface area contributed by atoms with Gasteiger partial charge in [0.15, 0.2) is 0 Å². The minimum absolute atomic E-state index is 1.11. The van der Waals surface area contributed by atoms with Gasteiger partial charge in [-0.05, 0) is 6.92 Å². The van der Waals surface area contributed by atoms with Gasteiger partial charge in [0.25, 0.3) is 0 Å². The summed E-state index contributed by atoms with van der Waals surface area (Å²) in [5.41, 5.74) is 2.58. The van der Waals surface area contributed by atoms with Gasteiger partial charge < -0.3 is 0 Å². The SMILES string of the molecule is C=CC(C)=CC=CCl. The van der Waals surface area contributed by atoms with Crippen LogP contribution < -0.4 is 0 Å². The molecule has 0 rings (SSSR count). The summed E-state index contributed by atoms with van der Waals surface area (Å²) < 4.78 is 0. The van der Waals surface area contributed by atoms with Gasteiger partial charge in [-0.3, -0.25) is 0 Å². The summed E-state index contributed by atoms with van der Waals surface area (Å²) >= 11 is 5.24. The largest absolute Gasteiger partial charge is 0.0988 e. The van der Waals surface area contributed by atoms with Gasteiger partial charge >= 0.3 is 0 Å². The zero-order chi connectivity index (χ0) is 6.41. The topological polar surface area (TPSA) is 0 Å². The monoisotopic (exact) mass is 128 g/mol. The number of halogens is 1. The normalized spacial score (nSPS) is 12.5. The fraction of sp³-hybridized carbons (Fsp3) is 0.143. The quantitative estimate of drug-likeness (QED) is 0.502. The average Bonchev–Trinajstić information content (AvgIpc) is 1.83. The Morgan fingerprint density at radius 3 is 2.62 bits per heavy atom. The first-order valence-corrected chi connectivity index (χ1v) is 2.81. The van der Waals surface area contributed by atoms with Gasteiger partial charge in [0.05, 0.1) is 0 Å². The van der Waals surface area contributed by atoms with Crippen molar-refractivity contribution in [2.24, 2.45) is 0 Å². The molecule has 44 valence electrons. The van der Waals surface area contributed by atoms with Crippen molar-refractivity contribution >= 4 is 11.6 Å². The average molecular weight is 129 g/mol. The van der Waals surface area contributed by atoms with E-state index in [0.717, 1.165) is 5.57 Å². The maximum Gasteiger partial charge on any atom is 0.00425 e. The second kappa shape index (κ2) is 4.66. The van der Waals surface area contributed by atoms with E-state index < -0.39 is 0 Å². The van der Waals surface area contributed by atoms with Crippen molar-refractivity contribution in [1.29, 1.82) is 0 Å². The molecule has 0 bridgehead atoms. The highest BCUT2D eigenvalue weighted by molar-refractivity contribution is 6.25. The van der Waals surface area contributed by atoms with Crippen molar-refractivity contribution in [3.8, 4) is 0 Å². The third-order valence-electron chi connectivity index (χ3n) is 0.754. The molecule has 0 heterocycles. The maximum atomic E-state index is 5.24. The first kappa shape index (κ1) is 7.51. The zero-order valence-electron chi connectivity index (χ0n) is 4.89. The lowest BCUT2D eigenvalue weighted by Crippen LogP contribution is -1.59. The zero-order valence-corrected chi connectivity index (χ0v) is 5.65. The molecule has 8 heavy (non-hydrogen) atoms. The standard InChI is InChI=1S/C7H9Cl/c1-3-7(2)5-4-6-8/h3-6H,1H2,2H3. The third-order valence-corrected chi connectivity index (χ3v) is 0.899. The molecule has 0 aromatic heterocycles. The molecule has 0 aliphatic heterocycles. The van der Waals surface area contributed by atoms with Crippen molar-refractivity contribution in [3.63, 3.8) is 0 Å². The molecule has 0 aromatic rings.